The van der Waals surface area contributed by atoms with Crippen molar-refractivity contribution in [2.24, 2.45) is 28.6 Å². The number of carbonyl (C=O) groups excluding carboxylic acids is 1. The van der Waals surface area contributed by atoms with Gasteiger partial charge in [-0.05, 0) is 80.3 Å². The number of carbonyl (C=O) groups is 1. The highest BCUT2D eigenvalue weighted by Crippen LogP contribution is 2.67. The number of fused-ring (bicyclic) bond motifs is 5. The van der Waals surface area contributed by atoms with Gasteiger partial charge in [0.05, 0.1) is 23.9 Å². The van der Waals surface area contributed by atoms with Crippen molar-refractivity contribution in [1.82, 2.24) is 4.90 Å². The second kappa shape index (κ2) is 7.36. The standard InChI is InChI=1S/C25H39NO5/c1-23-7-3-15(27)11-20(23)21(29)12-19-17(23)4-8-24(2)18(5-9-25(19,24)31)22(30)14-26-10-6-16(28)13-26/h12,15-18,20,22,27-28,30-31H,3-11,13-14H2,1-2H3/t15?,16?,17?,18?,20?,22?,23?,24?,25-/m1/s1. The van der Waals surface area contributed by atoms with Gasteiger partial charge in [0.1, 0.15) is 0 Å². The van der Waals surface area contributed by atoms with Crippen LogP contribution in [0, 0.1) is 28.6 Å². The van der Waals surface area contributed by atoms with Crippen LogP contribution in [-0.2, 0) is 4.79 Å². The van der Waals surface area contributed by atoms with Crippen LogP contribution in [0.5, 0.6) is 0 Å². The summed E-state index contributed by atoms with van der Waals surface area (Å²) in [5, 5.41) is 43.3. The number of allylic oxidation sites excluding steroid dienone is 1. The maximum atomic E-state index is 13.2. The fourth-order valence-corrected chi connectivity index (χ4v) is 8.34. The molecule has 6 heteroatoms. The zero-order valence-electron chi connectivity index (χ0n) is 19.0. The molecule has 5 rings (SSSR count). The van der Waals surface area contributed by atoms with E-state index in [4.69, 9.17) is 0 Å². The molecule has 9 atom stereocenters. The van der Waals surface area contributed by atoms with Gasteiger partial charge in [-0.25, -0.2) is 0 Å². The molecule has 174 valence electrons. The minimum Gasteiger partial charge on any atom is -0.393 e. The first-order valence-electron chi connectivity index (χ1n) is 12.3. The second-order valence-electron chi connectivity index (χ2n) is 11.8. The van der Waals surface area contributed by atoms with Crippen molar-refractivity contribution >= 4 is 5.78 Å². The molecule has 0 aromatic heterocycles. The predicted octanol–water partition coefficient (Wildman–Crippen LogP) is 1.65. The largest absolute Gasteiger partial charge is 0.393 e. The zero-order chi connectivity index (χ0) is 22.2. The van der Waals surface area contributed by atoms with Crippen LogP contribution in [0.2, 0.25) is 0 Å². The van der Waals surface area contributed by atoms with Crippen molar-refractivity contribution in [3.63, 3.8) is 0 Å². The number of nitrogens with zero attached hydrogens (tertiary/aromatic N) is 1. The summed E-state index contributed by atoms with van der Waals surface area (Å²) in [4.78, 5) is 15.3. The van der Waals surface area contributed by atoms with E-state index in [0.29, 0.717) is 25.9 Å². The van der Waals surface area contributed by atoms with Gasteiger partial charge in [-0.3, -0.25) is 9.69 Å². The number of aliphatic hydroxyl groups excluding tert-OH is 3. The summed E-state index contributed by atoms with van der Waals surface area (Å²) in [6.45, 7) is 6.27. The Morgan fingerprint density at radius 2 is 1.84 bits per heavy atom. The summed E-state index contributed by atoms with van der Waals surface area (Å²) >= 11 is 0. The molecule has 8 unspecified atom stereocenters. The number of ketones is 1. The summed E-state index contributed by atoms with van der Waals surface area (Å²) < 4.78 is 0. The van der Waals surface area contributed by atoms with E-state index in [2.05, 4.69) is 18.7 Å². The van der Waals surface area contributed by atoms with Crippen molar-refractivity contribution in [2.75, 3.05) is 19.6 Å². The lowest BCUT2D eigenvalue weighted by Crippen LogP contribution is -2.60. The van der Waals surface area contributed by atoms with Gasteiger partial charge in [0.25, 0.3) is 0 Å². The third-order valence-corrected chi connectivity index (χ3v) is 10.3. The third kappa shape index (κ3) is 3.12. The van der Waals surface area contributed by atoms with Gasteiger partial charge in [0.2, 0.25) is 0 Å². The van der Waals surface area contributed by atoms with Gasteiger partial charge < -0.3 is 20.4 Å². The van der Waals surface area contributed by atoms with Gasteiger partial charge in [-0.1, -0.05) is 13.8 Å². The highest BCUT2D eigenvalue weighted by molar-refractivity contribution is 5.95. The highest BCUT2D eigenvalue weighted by atomic mass is 16.3. The lowest BCUT2D eigenvalue weighted by atomic mass is 9.46. The minimum absolute atomic E-state index is 0.0223. The average molecular weight is 434 g/mol. The van der Waals surface area contributed by atoms with E-state index in [1.54, 1.807) is 6.08 Å². The van der Waals surface area contributed by atoms with Crippen molar-refractivity contribution in [1.29, 1.82) is 0 Å². The molecule has 0 amide bonds. The molecule has 3 saturated carbocycles. The smallest absolute Gasteiger partial charge is 0.159 e. The van der Waals surface area contributed by atoms with Crippen LogP contribution < -0.4 is 0 Å². The van der Waals surface area contributed by atoms with Crippen LogP contribution in [0.15, 0.2) is 11.6 Å². The van der Waals surface area contributed by atoms with E-state index in [9.17, 15) is 25.2 Å². The Bertz CT molecular complexity index is 784. The molecule has 6 nitrogen and oxygen atoms in total. The average Bonchev–Trinajstić information content (AvgIpc) is 3.24. The number of likely N-dealkylation sites (tertiary alicyclic amines) is 1. The molecule has 1 saturated heterocycles. The van der Waals surface area contributed by atoms with E-state index in [-0.39, 0.29) is 35.1 Å². The van der Waals surface area contributed by atoms with Crippen LogP contribution in [0.3, 0.4) is 0 Å². The molecule has 0 spiro atoms. The monoisotopic (exact) mass is 433 g/mol. The van der Waals surface area contributed by atoms with Crippen molar-refractivity contribution in [3.8, 4) is 0 Å². The third-order valence-electron chi connectivity index (χ3n) is 10.3. The maximum Gasteiger partial charge on any atom is 0.159 e. The van der Waals surface area contributed by atoms with Crippen LogP contribution in [-0.4, -0.2) is 74.7 Å². The van der Waals surface area contributed by atoms with Crippen LogP contribution in [0.4, 0.5) is 0 Å². The summed E-state index contributed by atoms with van der Waals surface area (Å²) in [6.07, 6.45) is 6.43. The van der Waals surface area contributed by atoms with E-state index in [1.165, 1.54) is 0 Å². The predicted molar refractivity (Wildman–Crippen MR) is 116 cm³/mol. The molecule has 4 aliphatic carbocycles. The Balaban J connectivity index is 1.43. The minimum atomic E-state index is -1.05. The Kier molecular flexibility index (Phi) is 5.23. The molecule has 0 aromatic rings. The Labute approximate surface area is 185 Å². The summed E-state index contributed by atoms with van der Waals surface area (Å²) in [6, 6.07) is 0. The molecule has 0 bridgehead atoms. The molecular weight excluding hydrogens is 394 g/mol. The quantitative estimate of drug-likeness (QED) is 0.540. The van der Waals surface area contributed by atoms with Crippen LogP contribution >= 0.6 is 0 Å². The fourth-order valence-electron chi connectivity index (χ4n) is 8.34. The molecule has 5 aliphatic rings. The van der Waals surface area contributed by atoms with E-state index in [1.807, 2.05) is 0 Å². The zero-order valence-corrected chi connectivity index (χ0v) is 19.0. The van der Waals surface area contributed by atoms with Gasteiger partial charge in [0, 0.05) is 31.0 Å². The molecule has 0 aromatic carbocycles. The molecule has 4 fully saturated rings. The van der Waals surface area contributed by atoms with Crippen LogP contribution in [0.1, 0.15) is 65.2 Å². The number of rotatable bonds is 3. The molecule has 31 heavy (non-hydrogen) atoms. The number of hydrogen-bond acceptors (Lipinski definition) is 6. The fraction of sp³-hybridized carbons (Fsp3) is 0.880. The first-order chi connectivity index (χ1) is 14.6. The first kappa shape index (κ1) is 22.0. The van der Waals surface area contributed by atoms with Gasteiger partial charge >= 0.3 is 0 Å². The Morgan fingerprint density at radius 3 is 2.55 bits per heavy atom. The maximum absolute atomic E-state index is 13.2. The van der Waals surface area contributed by atoms with E-state index >= 15 is 0 Å². The SMILES string of the molecule is CC12CCC(O)CC1C(=O)C=C1C2CCC2(C)C(C(O)CN3CCC(O)C3)CC[C@@]12O. The Morgan fingerprint density at radius 1 is 1.06 bits per heavy atom. The molecular formula is C25H39NO5. The van der Waals surface area contributed by atoms with Crippen LogP contribution in [0.25, 0.3) is 0 Å². The van der Waals surface area contributed by atoms with Crippen molar-refractivity contribution in [2.45, 2.75) is 89.1 Å². The number of aliphatic hydroxyl groups is 4. The topological polar surface area (TPSA) is 101 Å². The lowest BCUT2D eigenvalue weighted by Gasteiger charge is -2.59. The molecule has 4 N–H and O–H groups in total. The Hall–Kier alpha value is -0.790. The molecule has 0 radical (unpaired) electrons. The van der Waals surface area contributed by atoms with Gasteiger partial charge in [0.15, 0.2) is 5.78 Å². The van der Waals surface area contributed by atoms with Gasteiger partial charge in [-0.15, -0.1) is 0 Å². The van der Waals surface area contributed by atoms with Crippen molar-refractivity contribution in [3.05, 3.63) is 11.6 Å². The van der Waals surface area contributed by atoms with E-state index < -0.39 is 23.2 Å². The normalized spacial score (nSPS) is 51.1. The van der Waals surface area contributed by atoms with Crippen molar-refractivity contribution < 1.29 is 25.2 Å². The highest BCUT2D eigenvalue weighted by Gasteiger charge is 2.66. The lowest BCUT2D eigenvalue weighted by molar-refractivity contribution is -0.143. The summed E-state index contributed by atoms with van der Waals surface area (Å²) in [5.74, 6) is 0.0684. The number of hydrogen-bond donors (Lipinski definition) is 4. The van der Waals surface area contributed by atoms with E-state index in [0.717, 1.165) is 50.6 Å². The summed E-state index contributed by atoms with van der Waals surface area (Å²) in [5.41, 5.74) is -0.788. The molecule has 1 aliphatic heterocycles. The second-order valence-corrected chi connectivity index (χ2v) is 11.8. The first-order valence-corrected chi connectivity index (χ1v) is 12.3. The number of β-amino-alcohol motifs (C(OH)–C–C–N with tert-alkyl or cyclic N) is 2. The molecule has 1 heterocycles. The summed E-state index contributed by atoms with van der Waals surface area (Å²) in [7, 11) is 0. The van der Waals surface area contributed by atoms with Gasteiger partial charge in [-0.2, -0.15) is 0 Å².